The monoisotopic (exact) mass is 464 g/mol. The Morgan fingerprint density at radius 3 is 2.38 bits per heavy atom. The predicted molar refractivity (Wildman–Crippen MR) is 129 cm³/mol. The Balaban J connectivity index is 1.79. The number of carbonyl (C=O) groups excluding carboxylic acids is 1. The number of nitrogens with one attached hydrogen (secondary N) is 1. The zero-order valence-electron chi connectivity index (χ0n) is 19.1. The lowest BCUT2D eigenvalue weighted by Gasteiger charge is -2.25. The summed E-state index contributed by atoms with van der Waals surface area (Å²) in [5.74, 6) is -1.15. The van der Waals surface area contributed by atoms with E-state index < -0.39 is 18.0 Å². The molecule has 3 N–H and O–H groups in total. The van der Waals surface area contributed by atoms with Crippen LogP contribution in [0.15, 0.2) is 65.6 Å². The number of aromatic nitrogens is 2. The third kappa shape index (κ3) is 5.68. The minimum atomic E-state index is -1.15. The van der Waals surface area contributed by atoms with E-state index in [-0.39, 0.29) is 18.6 Å². The standard InChI is InChI=1S/C25H28N4O5/c1-3-13-29(20-7-5-4-6-8-20)25(34)27-21(24(32)33)14-17-9-11-18(12-10-17)22-19(16-30)15-26-28(2)23(22)31/h4-12,15,21,30H,3,13-14,16H2,1-2H3,(H,27,34)(H,32,33)/t21-/m0/s1. The molecule has 0 saturated heterocycles. The van der Waals surface area contributed by atoms with Gasteiger partial charge in [-0.2, -0.15) is 5.10 Å². The molecule has 1 atom stereocenters. The number of amides is 2. The van der Waals surface area contributed by atoms with Gasteiger partial charge >= 0.3 is 12.0 Å². The highest BCUT2D eigenvalue weighted by molar-refractivity contribution is 5.94. The number of hydrogen-bond donors (Lipinski definition) is 3. The number of urea groups is 1. The van der Waals surface area contributed by atoms with Gasteiger partial charge in [0.1, 0.15) is 6.04 Å². The number of nitrogens with zero attached hydrogens (tertiary/aromatic N) is 3. The van der Waals surface area contributed by atoms with Gasteiger partial charge in [-0.15, -0.1) is 0 Å². The van der Waals surface area contributed by atoms with Crippen molar-refractivity contribution < 1.29 is 19.8 Å². The Morgan fingerprint density at radius 2 is 1.79 bits per heavy atom. The van der Waals surface area contributed by atoms with Crippen LogP contribution >= 0.6 is 0 Å². The number of para-hydroxylation sites is 1. The summed E-state index contributed by atoms with van der Waals surface area (Å²) in [6.45, 7) is 2.06. The Morgan fingerprint density at radius 1 is 1.12 bits per heavy atom. The lowest BCUT2D eigenvalue weighted by Crippen LogP contribution is -2.49. The molecule has 0 saturated carbocycles. The van der Waals surface area contributed by atoms with Crippen LogP contribution in [0.1, 0.15) is 24.5 Å². The molecule has 3 aromatic rings. The number of aryl methyl sites for hydroxylation is 1. The summed E-state index contributed by atoms with van der Waals surface area (Å²) < 4.78 is 1.19. The van der Waals surface area contributed by atoms with Crippen molar-refractivity contribution >= 4 is 17.7 Å². The van der Waals surface area contributed by atoms with Gasteiger partial charge in [-0.05, 0) is 29.7 Å². The molecule has 0 aliphatic heterocycles. The number of carbonyl (C=O) groups is 2. The number of carboxylic acid groups (broad SMARTS) is 1. The lowest BCUT2D eigenvalue weighted by atomic mass is 9.99. The Kier molecular flexibility index (Phi) is 8.15. The van der Waals surface area contributed by atoms with E-state index in [9.17, 15) is 24.6 Å². The number of anilines is 1. The van der Waals surface area contributed by atoms with Gasteiger partial charge in [0.25, 0.3) is 5.56 Å². The van der Waals surface area contributed by atoms with E-state index in [1.165, 1.54) is 22.8 Å². The summed E-state index contributed by atoms with van der Waals surface area (Å²) in [5.41, 5.74) is 2.36. The minimum Gasteiger partial charge on any atom is -0.480 e. The topological polar surface area (TPSA) is 125 Å². The van der Waals surface area contributed by atoms with Crippen molar-refractivity contribution in [2.24, 2.45) is 7.05 Å². The van der Waals surface area contributed by atoms with Crippen LogP contribution in [0.5, 0.6) is 0 Å². The van der Waals surface area contributed by atoms with E-state index in [4.69, 9.17) is 0 Å². The highest BCUT2D eigenvalue weighted by Gasteiger charge is 2.24. The number of aliphatic hydroxyl groups is 1. The molecule has 1 heterocycles. The molecule has 0 unspecified atom stereocenters. The molecule has 9 heteroatoms. The maximum Gasteiger partial charge on any atom is 0.326 e. The highest BCUT2D eigenvalue weighted by Crippen LogP contribution is 2.21. The van der Waals surface area contributed by atoms with Gasteiger partial charge in [-0.1, -0.05) is 49.4 Å². The van der Waals surface area contributed by atoms with Gasteiger partial charge in [0, 0.05) is 31.3 Å². The smallest absolute Gasteiger partial charge is 0.326 e. The predicted octanol–water partition coefficient (Wildman–Crippen LogP) is 2.56. The van der Waals surface area contributed by atoms with Crippen molar-refractivity contribution in [1.29, 1.82) is 0 Å². The molecule has 2 aromatic carbocycles. The molecule has 3 rings (SSSR count). The molecule has 0 radical (unpaired) electrons. The number of rotatable bonds is 9. The number of aliphatic carboxylic acids is 1. The summed E-state index contributed by atoms with van der Waals surface area (Å²) in [4.78, 5) is 38.8. The Bertz CT molecular complexity index is 1190. The van der Waals surface area contributed by atoms with Crippen LogP contribution in [-0.4, -0.2) is 44.6 Å². The molecule has 1 aromatic heterocycles. The summed E-state index contributed by atoms with van der Waals surface area (Å²) >= 11 is 0. The fourth-order valence-electron chi connectivity index (χ4n) is 3.65. The normalized spacial score (nSPS) is 11.6. The van der Waals surface area contributed by atoms with E-state index in [2.05, 4.69) is 10.4 Å². The van der Waals surface area contributed by atoms with Crippen LogP contribution < -0.4 is 15.8 Å². The molecular formula is C25H28N4O5. The average Bonchev–Trinajstić information content (AvgIpc) is 2.84. The molecule has 0 bridgehead atoms. The van der Waals surface area contributed by atoms with E-state index in [1.807, 2.05) is 25.1 Å². The van der Waals surface area contributed by atoms with Gasteiger partial charge in [-0.3, -0.25) is 9.69 Å². The molecular weight excluding hydrogens is 436 g/mol. The van der Waals surface area contributed by atoms with E-state index in [1.54, 1.807) is 36.4 Å². The van der Waals surface area contributed by atoms with E-state index >= 15 is 0 Å². The maximum atomic E-state index is 12.9. The quantitative estimate of drug-likeness (QED) is 0.447. The second-order valence-electron chi connectivity index (χ2n) is 7.86. The van der Waals surface area contributed by atoms with Crippen molar-refractivity contribution in [3.05, 3.63) is 82.3 Å². The van der Waals surface area contributed by atoms with Gasteiger partial charge in [0.2, 0.25) is 0 Å². The number of carboxylic acids is 1. The SMILES string of the molecule is CCCN(C(=O)N[C@@H](Cc1ccc(-c2c(CO)cnn(C)c2=O)cc1)C(=O)O)c1ccccc1. The first-order valence-electron chi connectivity index (χ1n) is 11.0. The first kappa shape index (κ1) is 24.7. The van der Waals surface area contributed by atoms with Crippen LogP contribution in [0.4, 0.5) is 10.5 Å². The van der Waals surface area contributed by atoms with Crippen molar-refractivity contribution in [2.45, 2.75) is 32.4 Å². The second-order valence-corrected chi connectivity index (χ2v) is 7.86. The fourth-order valence-corrected chi connectivity index (χ4v) is 3.65. The van der Waals surface area contributed by atoms with Crippen molar-refractivity contribution in [1.82, 2.24) is 15.1 Å². The van der Waals surface area contributed by atoms with Crippen LogP contribution in [0, 0.1) is 0 Å². The zero-order valence-corrected chi connectivity index (χ0v) is 19.1. The Labute approximate surface area is 197 Å². The molecule has 0 aliphatic rings. The van der Waals surface area contributed by atoms with Crippen LogP contribution in [0.2, 0.25) is 0 Å². The molecule has 34 heavy (non-hydrogen) atoms. The number of aliphatic hydroxyl groups excluding tert-OH is 1. The third-order valence-electron chi connectivity index (χ3n) is 5.42. The minimum absolute atomic E-state index is 0.0668. The average molecular weight is 465 g/mol. The first-order chi connectivity index (χ1) is 16.3. The summed E-state index contributed by atoms with van der Waals surface area (Å²) in [6.07, 6.45) is 2.22. The maximum absolute atomic E-state index is 12.9. The molecule has 178 valence electrons. The molecule has 0 aliphatic carbocycles. The third-order valence-corrected chi connectivity index (χ3v) is 5.42. The highest BCUT2D eigenvalue weighted by atomic mass is 16.4. The van der Waals surface area contributed by atoms with Crippen molar-refractivity contribution in [3.63, 3.8) is 0 Å². The zero-order chi connectivity index (χ0) is 24.7. The summed E-state index contributed by atoms with van der Waals surface area (Å²) in [7, 11) is 1.53. The van der Waals surface area contributed by atoms with Crippen molar-refractivity contribution in [3.8, 4) is 11.1 Å². The van der Waals surface area contributed by atoms with Gasteiger partial charge in [0.15, 0.2) is 0 Å². The Hall–Kier alpha value is -3.98. The molecule has 0 spiro atoms. The molecule has 0 fully saturated rings. The second kappa shape index (κ2) is 11.2. The first-order valence-corrected chi connectivity index (χ1v) is 11.0. The van der Waals surface area contributed by atoms with Gasteiger partial charge in [-0.25, -0.2) is 14.3 Å². The fraction of sp³-hybridized carbons (Fsp3) is 0.280. The van der Waals surface area contributed by atoms with Crippen molar-refractivity contribution in [2.75, 3.05) is 11.4 Å². The van der Waals surface area contributed by atoms with Gasteiger partial charge in [0.05, 0.1) is 18.4 Å². The summed E-state index contributed by atoms with van der Waals surface area (Å²) in [5, 5.41) is 25.8. The van der Waals surface area contributed by atoms with Crippen LogP contribution in [-0.2, 0) is 24.9 Å². The number of hydrogen-bond acceptors (Lipinski definition) is 5. The van der Waals surface area contributed by atoms with E-state index in [0.29, 0.717) is 40.9 Å². The van der Waals surface area contributed by atoms with Gasteiger partial charge < -0.3 is 15.5 Å². The van der Waals surface area contributed by atoms with E-state index in [0.717, 1.165) is 0 Å². The largest absolute Gasteiger partial charge is 0.480 e. The molecule has 9 nitrogen and oxygen atoms in total. The molecule has 2 amide bonds. The number of benzene rings is 2. The lowest BCUT2D eigenvalue weighted by molar-refractivity contribution is -0.139. The van der Waals surface area contributed by atoms with Crippen LogP contribution in [0.3, 0.4) is 0 Å². The summed E-state index contributed by atoms with van der Waals surface area (Å²) in [6, 6.07) is 14.3. The van der Waals surface area contributed by atoms with Crippen LogP contribution in [0.25, 0.3) is 11.1 Å².